The van der Waals surface area contributed by atoms with Crippen molar-refractivity contribution in [2.75, 3.05) is 0 Å². The number of hydrogen-bond donors (Lipinski definition) is 2. The molecule has 0 atom stereocenters. The predicted molar refractivity (Wildman–Crippen MR) is 140 cm³/mol. The summed E-state index contributed by atoms with van der Waals surface area (Å²) < 4.78 is 91.8. The summed E-state index contributed by atoms with van der Waals surface area (Å²) in [6.45, 7) is 0. The molecule has 0 bridgehead atoms. The van der Waals surface area contributed by atoms with E-state index in [1.165, 1.54) is 36.4 Å². The van der Waals surface area contributed by atoms with Crippen LogP contribution < -0.4 is 0 Å². The number of rotatable bonds is 4. The fourth-order valence-corrected chi connectivity index (χ4v) is 5.44. The molecule has 0 unspecified atom stereocenters. The Bertz CT molecular complexity index is 1610. The zero-order valence-electron chi connectivity index (χ0n) is 20.2. The second-order valence-corrected chi connectivity index (χ2v) is 9.38. The van der Waals surface area contributed by atoms with E-state index in [0.29, 0.717) is 21.8 Å². The average molecular weight is 535 g/mol. The van der Waals surface area contributed by atoms with Gasteiger partial charge in [0.1, 0.15) is 0 Å². The van der Waals surface area contributed by atoms with Crippen LogP contribution in [-0.4, -0.2) is 22.3 Å². The maximum absolute atomic E-state index is 15.3. The van der Waals surface area contributed by atoms with Crippen molar-refractivity contribution in [2.24, 2.45) is 0 Å². The molecule has 0 fully saturated rings. The zero-order valence-corrected chi connectivity index (χ0v) is 20.2. The summed E-state index contributed by atoms with van der Waals surface area (Å²) in [6, 6.07) is 26.7. The van der Waals surface area contributed by atoms with Crippen LogP contribution in [0.3, 0.4) is 0 Å². The molecule has 196 valence electrons. The highest BCUT2D eigenvalue weighted by Crippen LogP contribution is 2.59. The molecule has 6 rings (SSSR count). The van der Waals surface area contributed by atoms with Crippen molar-refractivity contribution in [3.05, 3.63) is 120 Å². The van der Waals surface area contributed by atoms with E-state index in [-0.39, 0.29) is 22.5 Å². The maximum Gasteiger partial charge on any atom is 0.411 e. The molecule has 0 aliphatic heterocycles. The summed E-state index contributed by atoms with van der Waals surface area (Å²) in [5, 5.41) is 1.34. The zero-order chi connectivity index (χ0) is 27.4. The van der Waals surface area contributed by atoms with Gasteiger partial charge in [-0.2, -0.15) is 26.3 Å². The highest BCUT2D eigenvalue weighted by atomic mass is 19.4. The lowest BCUT2D eigenvalue weighted by molar-refractivity contribution is -0.288. The van der Waals surface area contributed by atoms with Gasteiger partial charge in [0.05, 0.1) is 0 Å². The Morgan fingerprint density at radius 3 is 1.18 bits per heavy atom. The van der Waals surface area contributed by atoms with Gasteiger partial charge in [0.2, 0.25) is 5.41 Å². The number of H-pyrrole nitrogens is 2. The van der Waals surface area contributed by atoms with E-state index < -0.39 is 28.9 Å². The average Bonchev–Trinajstić information content (AvgIpc) is 3.52. The van der Waals surface area contributed by atoms with Crippen molar-refractivity contribution in [1.82, 2.24) is 9.97 Å². The molecule has 0 saturated carbocycles. The third-order valence-corrected chi connectivity index (χ3v) is 7.15. The lowest BCUT2D eigenvalue weighted by atomic mass is 9.69. The minimum Gasteiger partial charge on any atom is -0.355 e. The lowest BCUT2D eigenvalue weighted by Gasteiger charge is -2.40. The van der Waals surface area contributed by atoms with Crippen molar-refractivity contribution in [3.8, 4) is 22.5 Å². The van der Waals surface area contributed by atoms with Gasteiger partial charge in [-0.15, -0.1) is 0 Å². The standard InChI is InChI=1S/C31H20F6N2/c32-30(33,34)29(31(35,36)37,23-13-5-3-11-21(23)27-17-19-9-1-7-15-25(19)38-27)24-14-6-4-12-22(24)28-18-20-10-2-8-16-26(20)39-28/h1-18,38-39H. The van der Waals surface area contributed by atoms with Crippen LogP contribution in [-0.2, 0) is 5.41 Å². The van der Waals surface area contributed by atoms with Crippen LogP contribution in [0, 0.1) is 0 Å². The first kappa shape index (κ1) is 24.9. The normalized spacial score (nSPS) is 12.9. The van der Waals surface area contributed by atoms with Crippen LogP contribution in [0.2, 0.25) is 0 Å². The molecule has 0 radical (unpaired) electrons. The van der Waals surface area contributed by atoms with E-state index in [9.17, 15) is 0 Å². The fraction of sp³-hybridized carbons (Fsp3) is 0.0968. The van der Waals surface area contributed by atoms with Gasteiger partial charge in [0, 0.05) is 44.3 Å². The minimum absolute atomic E-state index is 0.160. The van der Waals surface area contributed by atoms with Crippen LogP contribution in [0.15, 0.2) is 109 Å². The van der Waals surface area contributed by atoms with Crippen LogP contribution in [0.4, 0.5) is 26.3 Å². The van der Waals surface area contributed by atoms with E-state index in [4.69, 9.17) is 0 Å². The Balaban J connectivity index is 1.70. The molecule has 6 aromatic rings. The van der Waals surface area contributed by atoms with Gasteiger partial charge in [0.25, 0.3) is 0 Å². The molecule has 4 aromatic carbocycles. The molecule has 0 aliphatic carbocycles. The highest BCUT2D eigenvalue weighted by molar-refractivity contribution is 5.89. The molecule has 2 aromatic heterocycles. The molecule has 2 N–H and O–H groups in total. The second kappa shape index (κ2) is 8.80. The summed E-state index contributed by atoms with van der Waals surface area (Å²) in [4.78, 5) is 6.00. The summed E-state index contributed by atoms with van der Waals surface area (Å²) in [6.07, 6.45) is -11.5. The number of hydrogen-bond acceptors (Lipinski definition) is 0. The molecule has 2 nitrogen and oxygen atoms in total. The molecule has 2 heterocycles. The summed E-state index contributed by atoms with van der Waals surface area (Å²) >= 11 is 0. The quantitative estimate of drug-likeness (QED) is 0.211. The molecule has 39 heavy (non-hydrogen) atoms. The second-order valence-electron chi connectivity index (χ2n) is 9.38. The van der Waals surface area contributed by atoms with E-state index in [2.05, 4.69) is 9.97 Å². The van der Waals surface area contributed by atoms with Crippen molar-refractivity contribution in [3.63, 3.8) is 0 Å². The third kappa shape index (κ3) is 3.81. The molecular weight excluding hydrogens is 514 g/mol. The predicted octanol–water partition coefficient (Wildman–Crippen LogP) is 9.39. The molecule has 0 saturated heterocycles. The van der Waals surface area contributed by atoms with Gasteiger partial charge >= 0.3 is 12.4 Å². The van der Waals surface area contributed by atoms with Crippen molar-refractivity contribution in [2.45, 2.75) is 17.8 Å². The van der Waals surface area contributed by atoms with Gasteiger partial charge in [-0.25, -0.2) is 0 Å². The topological polar surface area (TPSA) is 31.6 Å². The molecular formula is C31H20F6N2. The first-order valence-corrected chi connectivity index (χ1v) is 12.1. The molecule has 0 amide bonds. The Kier molecular flexibility index (Phi) is 5.61. The number of nitrogens with one attached hydrogen (secondary N) is 2. The Labute approximate surface area is 218 Å². The van der Waals surface area contributed by atoms with Gasteiger partial charge in [-0.05, 0) is 35.4 Å². The van der Waals surface area contributed by atoms with E-state index >= 15 is 26.3 Å². The van der Waals surface area contributed by atoms with Crippen LogP contribution in [0.5, 0.6) is 0 Å². The van der Waals surface area contributed by atoms with Crippen LogP contribution in [0.1, 0.15) is 11.1 Å². The highest BCUT2D eigenvalue weighted by Gasteiger charge is 2.73. The minimum atomic E-state index is -5.74. The van der Waals surface area contributed by atoms with Crippen molar-refractivity contribution in [1.29, 1.82) is 0 Å². The first-order valence-electron chi connectivity index (χ1n) is 12.1. The first-order chi connectivity index (χ1) is 18.6. The van der Waals surface area contributed by atoms with Gasteiger partial charge in [-0.3, -0.25) is 0 Å². The number of aromatic amines is 2. The summed E-state index contributed by atoms with van der Waals surface area (Å²) in [7, 11) is 0. The Hall–Kier alpha value is -4.46. The summed E-state index contributed by atoms with van der Waals surface area (Å²) in [5.41, 5.74) is -4.98. The smallest absolute Gasteiger partial charge is 0.355 e. The van der Waals surface area contributed by atoms with Crippen molar-refractivity contribution < 1.29 is 26.3 Å². The number of halogens is 6. The number of benzene rings is 4. The van der Waals surface area contributed by atoms with E-state index in [1.807, 2.05) is 0 Å². The molecule has 8 heteroatoms. The lowest BCUT2D eigenvalue weighted by Crippen LogP contribution is -2.55. The third-order valence-electron chi connectivity index (χ3n) is 7.15. The monoisotopic (exact) mass is 534 g/mol. The molecule has 0 spiro atoms. The number of fused-ring (bicyclic) bond motifs is 2. The summed E-state index contributed by atoms with van der Waals surface area (Å²) in [5.74, 6) is 0. The number of alkyl halides is 6. The van der Waals surface area contributed by atoms with E-state index in [1.54, 1.807) is 60.7 Å². The van der Waals surface area contributed by atoms with Gasteiger partial charge in [-0.1, -0.05) is 84.9 Å². The largest absolute Gasteiger partial charge is 0.411 e. The van der Waals surface area contributed by atoms with Crippen LogP contribution >= 0.6 is 0 Å². The van der Waals surface area contributed by atoms with Gasteiger partial charge in [0.15, 0.2) is 0 Å². The van der Waals surface area contributed by atoms with Crippen LogP contribution in [0.25, 0.3) is 44.3 Å². The number of aromatic nitrogens is 2. The SMILES string of the molecule is FC(F)(F)C(c1ccccc1-c1cc2ccccc2[nH]1)(c1ccccc1-c1cc2ccccc2[nH]1)C(F)(F)F. The maximum atomic E-state index is 15.3. The number of para-hydroxylation sites is 2. The Morgan fingerprint density at radius 2 is 0.795 bits per heavy atom. The Morgan fingerprint density at radius 1 is 0.436 bits per heavy atom. The molecule has 0 aliphatic rings. The van der Waals surface area contributed by atoms with Gasteiger partial charge < -0.3 is 9.97 Å². The fourth-order valence-electron chi connectivity index (χ4n) is 5.44. The van der Waals surface area contributed by atoms with E-state index in [0.717, 1.165) is 12.1 Å². The van der Waals surface area contributed by atoms with Crippen molar-refractivity contribution >= 4 is 21.8 Å².